The lowest BCUT2D eigenvalue weighted by molar-refractivity contribution is -0.340. The average molecular weight is 469 g/mol. The van der Waals surface area contributed by atoms with Crippen LogP contribution in [0.4, 0.5) is 0 Å². The third-order valence-electron chi connectivity index (χ3n) is 5.55. The lowest BCUT2D eigenvalue weighted by atomic mass is 9.86. The second-order valence-electron chi connectivity index (χ2n) is 7.96. The average Bonchev–Trinajstić information content (AvgIpc) is 2.77. The molecule has 0 aliphatic carbocycles. The number of carbonyl (C=O) groups is 1. The van der Waals surface area contributed by atoms with Gasteiger partial charge < -0.3 is 49.8 Å². The maximum atomic E-state index is 11.7. The first-order chi connectivity index (χ1) is 15.5. The summed E-state index contributed by atoms with van der Waals surface area (Å²) in [6.45, 7) is 0.939. The van der Waals surface area contributed by atoms with Crippen LogP contribution in [0.25, 0.3) is 11.0 Å². The van der Waals surface area contributed by atoms with Gasteiger partial charge in [-0.2, -0.15) is 0 Å². The van der Waals surface area contributed by atoms with Crippen LogP contribution in [-0.2, 0) is 9.53 Å². The highest BCUT2D eigenvalue weighted by atomic mass is 16.7. The predicted octanol–water partition coefficient (Wildman–Crippen LogP) is -2.49. The molecular weight excluding hydrogens is 442 g/mol. The molecular formula is C21H27NO11. The van der Waals surface area contributed by atoms with Crippen molar-refractivity contribution in [3.05, 3.63) is 40.2 Å². The van der Waals surface area contributed by atoms with Crippen molar-refractivity contribution in [2.75, 3.05) is 13.2 Å². The Labute approximate surface area is 187 Å². The Balaban J connectivity index is 2.01. The first-order valence-electron chi connectivity index (χ1n) is 10.2. The summed E-state index contributed by atoms with van der Waals surface area (Å²) in [6.07, 6.45) is -8.94. The summed E-state index contributed by atoms with van der Waals surface area (Å²) in [6, 6.07) is 4.22. The Morgan fingerprint density at radius 3 is 2.55 bits per heavy atom. The number of carbonyl (C=O) groups excluding carboxylic acids is 1. The SMILES string of the molecule is CC(=O)N[C@@H]1[C@@H](O)[C@H](O)[C@@](CO)(Oc2ccc3c(C)cc(=O)oc3c2)O[C@H]1[C@H](O)[C@H](O)CO. The summed E-state index contributed by atoms with van der Waals surface area (Å²) >= 11 is 0. The van der Waals surface area contributed by atoms with Gasteiger partial charge in [0.25, 0.3) is 5.79 Å². The molecule has 12 heteroatoms. The summed E-state index contributed by atoms with van der Waals surface area (Å²) < 4.78 is 16.5. The van der Waals surface area contributed by atoms with Crippen molar-refractivity contribution in [1.29, 1.82) is 0 Å². The monoisotopic (exact) mass is 469 g/mol. The first kappa shape index (κ1) is 25.1. The number of fused-ring (bicyclic) bond motifs is 1. The van der Waals surface area contributed by atoms with Crippen LogP contribution in [0.3, 0.4) is 0 Å². The van der Waals surface area contributed by atoms with E-state index in [9.17, 15) is 40.2 Å². The fourth-order valence-corrected chi connectivity index (χ4v) is 3.85. The lowest BCUT2D eigenvalue weighted by Gasteiger charge is -2.50. The fourth-order valence-electron chi connectivity index (χ4n) is 3.85. The molecule has 1 fully saturated rings. The number of rotatable bonds is 7. The van der Waals surface area contributed by atoms with E-state index in [4.69, 9.17) is 13.9 Å². The van der Waals surface area contributed by atoms with Crippen LogP contribution in [0.15, 0.2) is 33.5 Å². The molecule has 3 rings (SSSR count). The standard InChI is InChI=1S/C21H27NO11/c1-9-5-15(27)31-14-6-11(3-4-12(9)14)32-21(8-24)20(30)18(29)16(22-10(2)25)19(33-21)17(28)13(26)7-23/h3-6,13,16-20,23-24,26,28-30H,7-8H2,1-2H3,(H,22,25)/t13-,16-,17-,18-,19-,20+,21+/m1/s1. The van der Waals surface area contributed by atoms with E-state index in [1.165, 1.54) is 18.2 Å². The molecule has 33 heavy (non-hydrogen) atoms. The van der Waals surface area contributed by atoms with Gasteiger partial charge in [0.05, 0.1) is 12.6 Å². The molecule has 0 unspecified atom stereocenters. The van der Waals surface area contributed by atoms with E-state index in [1.807, 2.05) is 0 Å². The molecule has 1 saturated heterocycles. The second kappa shape index (κ2) is 9.73. The molecule has 1 aliphatic rings. The van der Waals surface area contributed by atoms with E-state index in [1.54, 1.807) is 13.0 Å². The minimum atomic E-state index is -2.35. The smallest absolute Gasteiger partial charge is 0.336 e. The highest BCUT2D eigenvalue weighted by Crippen LogP contribution is 2.35. The summed E-state index contributed by atoms with van der Waals surface area (Å²) in [5.41, 5.74) is 0.200. The van der Waals surface area contributed by atoms with Crippen LogP contribution in [0.1, 0.15) is 12.5 Å². The Morgan fingerprint density at radius 2 is 1.94 bits per heavy atom. The quantitative estimate of drug-likeness (QED) is 0.212. The van der Waals surface area contributed by atoms with Gasteiger partial charge in [0.2, 0.25) is 5.91 Å². The number of aliphatic hydroxyl groups excluding tert-OH is 6. The molecule has 1 aromatic heterocycles. The zero-order chi connectivity index (χ0) is 24.5. The number of aliphatic hydroxyl groups is 6. The molecule has 0 radical (unpaired) electrons. The number of hydrogen-bond donors (Lipinski definition) is 7. The van der Waals surface area contributed by atoms with E-state index < -0.39 is 67.1 Å². The number of nitrogens with one attached hydrogen (secondary N) is 1. The number of hydrogen-bond acceptors (Lipinski definition) is 11. The van der Waals surface area contributed by atoms with Gasteiger partial charge in [-0.3, -0.25) is 4.79 Å². The van der Waals surface area contributed by atoms with E-state index in [0.717, 1.165) is 6.92 Å². The number of aryl methyl sites for hydroxylation is 1. The molecule has 12 nitrogen and oxygen atoms in total. The number of ether oxygens (including phenoxy) is 2. The summed E-state index contributed by atoms with van der Waals surface area (Å²) in [7, 11) is 0. The zero-order valence-electron chi connectivity index (χ0n) is 17.9. The largest absolute Gasteiger partial charge is 0.457 e. The van der Waals surface area contributed by atoms with Crippen LogP contribution in [0.5, 0.6) is 5.75 Å². The highest BCUT2D eigenvalue weighted by molar-refractivity contribution is 5.81. The van der Waals surface area contributed by atoms with Crippen LogP contribution in [0.2, 0.25) is 0 Å². The van der Waals surface area contributed by atoms with Gasteiger partial charge in [0.15, 0.2) is 0 Å². The molecule has 1 aliphatic heterocycles. The van der Waals surface area contributed by atoms with Crippen molar-refractivity contribution < 1.29 is 49.3 Å². The maximum Gasteiger partial charge on any atom is 0.336 e. The molecule has 7 atom stereocenters. The fraction of sp³-hybridized carbons (Fsp3) is 0.524. The topological polar surface area (TPSA) is 199 Å². The van der Waals surface area contributed by atoms with Gasteiger partial charge in [-0.15, -0.1) is 0 Å². The molecule has 2 heterocycles. The number of benzene rings is 1. The molecule has 0 bridgehead atoms. The third kappa shape index (κ3) is 4.87. The minimum absolute atomic E-state index is 0.0227. The van der Waals surface area contributed by atoms with Crippen molar-refractivity contribution in [3.63, 3.8) is 0 Å². The lowest BCUT2D eigenvalue weighted by Crippen LogP contribution is -2.74. The van der Waals surface area contributed by atoms with Crippen molar-refractivity contribution in [2.24, 2.45) is 0 Å². The summed E-state index contributed by atoms with van der Waals surface area (Å²) in [5.74, 6) is -3.01. The highest BCUT2D eigenvalue weighted by Gasteiger charge is 2.58. The van der Waals surface area contributed by atoms with Crippen LogP contribution < -0.4 is 15.7 Å². The van der Waals surface area contributed by atoms with E-state index in [2.05, 4.69) is 5.32 Å². The molecule has 0 spiro atoms. The van der Waals surface area contributed by atoms with Gasteiger partial charge in [-0.1, -0.05) is 0 Å². The van der Waals surface area contributed by atoms with Crippen molar-refractivity contribution in [1.82, 2.24) is 5.32 Å². The third-order valence-corrected chi connectivity index (χ3v) is 5.55. The Hall–Kier alpha value is -2.58. The normalized spacial score (nSPS) is 29.5. The molecule has 7 N–H and O–H groups in total. The van der Waals surface area contributed by atoms with E-state index >= 15 is 0 Å². The summed E-state index contributed by atoms with van der Waals surface area (Å²) in [5, 5.41) is 64.0. The first-order valence-corrected chi connectivity index (χ1v) is 10.2. The van der Waals surface area contributed by atoms with E-state index in [-0.39, 0.29) is 11.3 Å². The van der Waals surface area contributed by atoms with Crippen LogP contribution >= 0.6 is 0 Å². The van der Waals surface area contributed by atoms with Gasteiger partial charge in [-0.05, 0) is 24.6 Å². The minimum Gasteiger partial charge on any atom is -0.457 e. The second-order valence-corrected chi connectivity index (χ2v) is 7.96. The van der Waals surface area contributed by atoms with Gasteiger partial charge in [-0.25, -0.2) is 4.79 Å². The Kier molecular flexibility index (Phi) is 7.39. The predicted molar refractivity (Wildman–Crippen MR) is 111 cm³/mol. The van der Waals surface area contributed by atoms with Gasteiger partial charge in [0.1, 0.15) is 48.5 Å². The van der Waals surface area contributed by atoms with Crippen molar-refractivity contribution in [3.8, 4) is 5.75 Å². The van der Waals surface area contributed by atoms with Crippen LogP contribution in [-0.4, -0.2) is 92.1 Å². The Morgan fingerprint density at radius 1 is 1.24 bits per heavy atom. The number of amides is 1. The maximum absolute atomic E-state index is 11.7. The Bertz CT molecular complexity index is 1060. The zero-order valence-corrected chi connectivity index (χ0v) is 17.9. The van der Waals surface area contributed by atoms with Crippen LogP contribution in [0, 0.1) is 6.92 Å². The van der Waals surface area contributed by atoms with Gasteiger partial charge in [0, 0.05) is 24.4 Å². The van der Waals surface area contributed by atoms with Crippen molar-refractivity contribution >= 4 is 16.9 Å². The van der Waals surface area contributed by atoms with Gasteiger partial charge >= 0.3 is 5.63 Å². The molecule has 1 amide bonds. The molecule has 182 valence electrons. The summed E-state index contributed by atoms with van der Waals surface area (Å²) in [4.78, 5) is 23.3. The molecule has 0 saturated carbocycles. The molecule has 2 aromatic rings. The molecule has 1 aromatic carbocycles. The van der Waals surface area contributed by atoms with E-state index in [0.29, 0.717) is 10.9 Å². The van der Waals surface area contributed by atoms with Crippen molar-refractivity contribution in [2.45, 2.75) is 56.2 Å².